The van der Waals surface area contributed by atoms with Crippen molar-refractivity contribution in [1.82, 2.24) is 0 Å². The zero-order chi connectivity index (χ0) is 10.1. The Kier molecular flexibility index (Phi) is 2.61. The van der Waals surface area contributed by atoms with E-state index in [-0.39, 0.29) is 11.9 Å². The van der Waals surface area contributed by atoms with E-state index in [1.807, 2.05) is 4.90 Å². The Morgan fingerprint density at radius 1 is 1.50 bits per heavy atom. The molecule has 1 heterocycles. The maximum Gasteiger partial charge on any atom is 0.147 e. The molecule has 1 aromatic rings. The average Bonchev–Trinajstić information content (AvgIpc) is 2.51. The fourth-order valence-corrected chi connectivity index (χ4v) is 1.90. The highest BCUT2D eigenvalue weighted by molar-refractivity contribution is 6.30. The highest BCUT2D eigenvalue weighted by atomic mass is 35.5. The van der Waals surface area contributed by atoms with Crippen molar-refractivity contribution in [3.05, 3.63) is 29.0 Å². The molecule has 2 rings (SSSR count). The molecule has 1 aliphatic heterocycles. The molecule has 14 heavy (non-hydrogen) atoms. The van der Waals surface area contributed by atoms with Crippen molar-refractivity contribution in [2.75, 3.05) is 18.0 Å². The number of nitrogens with two attached hydrogens (primary N) is 1. The third-order valence-electron chi connectivity index (χ3n) is 2.48. The maximum absolute atomic E-state index is 13.5. The average molecular weight is 215 g/mol. The molecule has 0 bridgehead atoms. The van der Waals surface area contributed by atoms with Crippen molar-refractivity contribution in [3.8, 4) is 0 Å². The Morgan fingerprint density at radius 3 is 2.86 bits per heavy atom. The van der Waals surface area contributed by atoms with Crippen LogP contribution < -0.4 is 10.6 Å². The first-order valence-electron chi connectivity index (χ1n) is 4.62. The van der Waals surface area contributed by atoms with Gasteiger partial charge in [-0.15, -0.1) is 0 Å². The molecule has 0 aliphatic carbocycles. The molecule has 0 saturated carbocycles. The fourth-order valence-electron chi connectivity index (χ4n) is 1.74. The second kappa shape index (κ2) is 3.75. The largest absolute Gasteiger partial charge is 0.368 e. The number of anilines is 1. The minimum atomic E-state index is -0.272. The highest BCUT2D eigenvalue weighted by Gasteiger charge is 2.21. The molecular weight excluding hydrogens is 203 g/mol. The first-order chi connectivity index (χ1) is 6.66. The van der Waals surface area contributed by atoms with Crippen LogP contribution in [0.2, 0.25) is 5.02 Å². The Balaban J connectivity index is 2.24. The molecule has 2 N–H and O–H groups in total. The summed E-state index contributed by atoms with van der Waals surface area (Å²) in [5.41, 5.74) is 6.35. The van der Waals surface area contributed by atoms with Crippen molar-refractivity contribution in [2.45, 2.75) is 12.5 Å². The predicted molar refractivity (Wildman–Crippen MR) is 56.2 cm³/mol. The third kappa shape index (κ3) is 1.83. The van der Waals surface area contributed by atoms with E-state index in [4.69, 9.17) is 17.3 Å². The van der Waals surface area contributed by atoms with Gasteiger partial charge in [-0.3, -0.25) is 0 Å². The lowest BCUT2D eigenvalue weighted by Crippen LogP contribution is -2.26. The number of nitrogens with zero attached hydrogens (tertiary/aromatic N) is 1. The van der Waals surface area contributed by atoms with E-state index >= 15 is 0 Å². The normalized spacial score (nSPS) is 21.6. The molecule has 1 saturated heterocycles. The standard InChI is InChI=1S/C10H12ClFN2/c11-7-1-2-10(9(12)5-7)14-4-3-8(13)6-14/h1-2,5,8H,3-4,6,13H2. The summed E-state index contributed by atoms with van der Waals surface area (Å²) in [6, 6.07) is 4.89. The van der Waals surface area contributed by atoms with Crippen molar-refractivity contribution < 1.29 is 4.39 Å². The SMILES string of the molecule is NC1CCN(c2ccc(Cl)cc2F)C1. The van der Waals surface area contributed by atoms with Crippen LogP contribution in [-0.2, 0) is 0 Å². The lowest BCUT2D eigenvalue weighted by molar-refractivity contribution is 0.622. The Labute approximate surface area is 87.5 Å². The topological polar surface area (TPSA) is 29.3 Å². The van der Waals surface area contributed by atoms with E-state index < -0.39 is 0 Å². The second-order valence-electron chi connectivity index (χ2n) is 3.59. The van der Waals surface area contributed by atoms with E-state index in [1.165, 1.54) is 6.07 Å². The Bertz CT molecular complexity index is 343. The molecule has 0 spiro atoms. The van der Waals surface area contributed by atoms with E-state index in [9.17, 15) is 4.39 Å². The van der Waals surface area contributed by atoms with Gasteiger partial charge in [0.05, 0.1) is 5.69 Å². The van der Waals surface area contributed by atoms with E-state index in [2.05, 4.69) is 0 Å². The summed E-state index contributed by atoms with van der Waals surface area (Å²) in [4.78, 5) is 1.95. The molecule has 0 aromatic heterocycles. The summed E-state index contributed by atoms with van der Waals surface area (Å²) in [7, 11) is 0. The highest BCUT2D eigenvalue weighted by Crippen LogP contribution is 2.25. The first-order valence-corrected chi connectivity index (χ1v) is 5.00. The van der Waals surface area contributed by atoms with Crippen LogP contribution in [0.4, 0.5) is 10.1 Å². The lowest BCUT2D eigenvalue weighted by Gasteiger charge is -2.18. The smallest absolute Gasteiger partial charge is 0.147 e. The molecule has 1 unspecified atom stereocenters. The number of hydrogen-bond acceptors (Lipinski definition) is 2. The molecule has 1 aromatic carbocycles. The van der Waals surface area contributed by atoms with Crippen LogP contribution >= 0.6 is 11.6 Å². The molecule has 2 nitrogen and oxygen atoms in total. The van der Waals surface area contributed by atoms with Gasteiger partial charge in [-0.2, -0.15) is 0 Å². The van der Waals surface area contributed by atoms with Gasteiger partial charge in [0.2, 0.25) is 0 Å². The summed E-state index contributed by atoms with van der Waals surface area (Å²) in [5.74, 6) is -0.272. The summed E-state index contributed by atoms with van der Waals surface area (Å²) in [6.45, 7) is 1.54. The van der Waals surface area contributed by atoms with E-state index in [0.29, 0.717) is 10.7 Å². The summed E-state index contributed by atoms with van der Waals surface area (Å²) < 4.78 is 13.5. The van der Waals surface area contributed by atoms with Gasteiger partial charge in [0.15, 0.2) is 0 Å². The van der Waals surface area contributed by atoms with Gasteiger partial charge in [-0.1, -0.05) is 11.6 Å². The van der Waals surface area contributed by atoms with Gasteiger partial charge < -0.3 is 10.6 Å². The van der Waals surface area contributed by atoms with Crippen LogP contribution in [0.1, 0.15) is 6.42 Å². The first kappa shape index (κ1) is 9.74. The Morgan fingerprint density at radius 2 is 2.29 bits per heavy atom. The number of rotatable bonds is 1. The quantitative estimate of drug-likeness (QED) is 0.775. The molecule has 76 valence electrons. The molecule has 0 radical (unpaired) electrons. The van der Waals surface area contributed by atoms with Crippen LogP contribution in [0, 0.1) is 5.82 Å². The van der Waals surface area contributed by atoms with Crippen LogP contribution in [0.3, 0.4) is 0 Å². The van der Waals surface area contributed by atoms with Gasteiger partial charge >= 0.3 is 0 Å². The third-order valence-corrected chi connectivity index (χ3v) is 2.71. The van der Waals surface area contributed by atoms with Crippen molar-refractivity contribution >= 4 is 17.3 Å². The van der Waals surface area contributed by atoms with Crippen LogP contribution in [0.5, 0.6) is 0 Å². The van der Waals surface area contributed by atoms with Crippen molar-refractivity contribution in [3.63, 3.8) is 0 Å². The summed E-state index contributed by atoms with van der Waals surface area (Å²) >= 11 is 5.67. The second-order valence-corrected chi connectivity index (χ2v) is 4.03. The van der Waals surface area contributed by atoms with Gasteiger partial charge in [0, 0.05) is 24.2 Å². The molecule has 4 heteroatoms. The van der Waals surface area contributed by atoms with Gasteiger partial charge in [-0.25, -0.2) is 4.39 Å². The molecule has 0 amide bonds. The minimum absolute atomic E-state index is 0.157. The zero-order valence-electron chi connectivity index (χ0n) is 7.71. The zero-order valence-corrected chi connectivity index (χ0v) is 8.47. The van der Waals surface area contributed by atoms with Gasteiger partial charge in [0.25, 0.3) is 0 Å². The van der Waals surface area contributed by atoms with Crippen molar-refractivity contribution in [1.29, 1.82) is 0 Å². The van der Waals surface area contributed by atoms with E-state index in [1.54, 1.807) is 12.1 Å². The number of halogens is 2. The van der Waals surface area contributed by atoms with Gasteiger partial charge in [0.1, 0.15) is 5.82 Å². The number of benzene rings is 1. The fraction of sp³-hybridized carbons (Fsp3) is 0.400. The van der Waals surface area contributed by atoms with Gasteiger partial charge in [-0.05, 0) is 24.6 Å². The molecule has 1 atom stereocenters. The van der Waals surface area contributed by atoms with Crippen LogP contribution in [-0.4, -0.2) is 19.1 Å². The molecule has 1 aliphatic rings. The van der Waals surface area contributed by atoms with Crippen molar-refractivity contribution in [2.24, 2.45) is 5.73 Å². The summed E-state index contributed by atoms with van der Waals surface area (Å²) in [5, 5.41) is 0.426. The van der Waals surface area contributed by atoms with E-state index in [0.717, 1.165) is 19.5 Å². The Hall–Kier alpha value is -0.800. The molecule has 1 fully saturated rings. The lowest BCUT2D eigenvalue weighted by atomic mass is 10.3. The maximum atomic E-state index is 13.5. The molecular formula is C10H12ClFN2. The van der Waals surface area contributed by atoms with Crippen LogP contribution in [0.15, 0.2) is 18.2 Å². The monoisotopic (exact) mass is 214 g/mol. The van der Waals surface area contributed by atoms with Crippen LogP contribution in [0.25, 0.3) is 0 Å². The predicted octanol–water partition coefficient (Wildman–Crippen LogP) is 2.02. The number of hydrogen-bond donors (Lipinski definition) is 1. The summed E-state index contributed by atoms with van der Waals surface area (Å²) in [6.07, 6.45) is 0.919. The minimum Gasteiger partial charge on any atom is -0.368 e.